The van der Waals surface area contributed by atoms with Crippen molar-refractivity contribution in [3.8, 4) is 6.07 Å². The molecule has 3 fully saturated rings. The van der Waals surface area contributed by atoms with Gasteiger partial charge in [-0.2, -0.15) is 5.26 Å². The summed E-state index contributed by atoms with van der Waals surface area (Å²) in [7, 11) is 0. The number of benzene rings is 1. The second-order valence-electron chi connectivity index (χ2n) is 10.2. The lowest BCUT2D eigenvalue weighted by Crippen LogP contribution is -2.43. The minimum atomic E-state index is -0.289. The fourth-order valence-corrected chi connectivity index (χ4v) is 5.58. The van der Waals surface area contributed by atoms with Crippen LogP contribution < -0.4 is 10.2 Å². The average Bonchev–Trinajstić information content (AvgIpc) is 3.31. The minimum absolute atomic E-state index is 0.00637. The summed E-state index contributed by atoms with van der Waals surface area (Å²) in [5.41, 5.74) is 3.37. The monoisotopic (exact) mass is 516 g/mol. The quantitative estimate of drug-likeness (QED) is 0.532. The molecular formula is C26H25ClN8O2. The number of hydrogen-bond donors (Lipinski definition) is 1. The first-order valence-electron chi connectivity index (χ1n) is 12.4. The van der Waals surface area contributed by atoms with Crippen molar-refractivity contribution in [1.29, 1.82) is 5.26 Å². The van der Waals surface area contributed by atoms with Crippen molar-refractivity contribution in [1.82, 2.24) is 30.3 Å². The van der Waals surface area contributed by atoms with Crippen LogP contribution in [-0.2, 0) is 4.79 Å². The number of anilines is 1. The summed E-state index contributed by atoms with van der Waals surface area (Å²) in [6.07, 6.45) is 5.79. The smallest absolute Gasteiger partial charge is 0.273 e. The maximum Gasteiger partial charge on any atom is 0.273 e. The van der Waals surface area contributed by atoms with Crippen LogP contribution in [0.1, 0.15) is 71.0 Å². The molecule has 0 radical (unpaired) electrons. The molecule has 1 aliphatic heterocycles. The first-order chi connectivity index (χ1) is 17.8. The molecule has 2 aliphatic carbocycles. The summed E-state index contributed by atoms with van der Waals surface area (Å²) in [4.78, 5) is 35.9. The molecule has 3 aliphatic rings. The van der Waals surface area contributed by atoms with Gasteiger partial charge in [0.2, 0.25) is 11.9 Å². The Labute approximate surface area is 218 Å². The van der Waals surface area contributed by atoms with Crippen LogP contribution in [0.3, 0.4) is 0 Å². The van der Waals surface area contributed by atoms with E-state index in [2.05, 4.69) is 31.7 Å². The highest BCUT2D eigenvalue weighted by molar-refractivity contribution is 6.30. The Balaban J connectivity index is 1.08. The normalized spacial score (nSPS) is 24.7. The van der Waals surface area contributed by atoms with Crippen LogP contribution in [0.4, 0.5) is 5.95 Å². The van der Waals surface area contributed by atoms with Gasteiger partial charge >= 0.3 is 0 Å². The molecular weight excluding hydrogens is 492 g/mol. The number of nitrogens with one attached hydrogen (secondary N) is 1. The molecule has 37 heavy (non-hydrogen) atoms. The highest BCUT2D eigenvalue weighted by Crippen LogP contribution is 2.46. The molecule has 1 saturated heterocycles. The number of nitriles is 1. The van der Waals surface area contributed by atoms with E-state index in [1.807, 2.05) is 19.9 Å². The number of halogens is 1. The molecule has 2 saturated carbocycles. The van der Waals surface area contributed by atoms with E-state index >= 15 is 0 Å². The van der Waals surface area contributed by atoms with Crippen LogP contribution in [0.5, 0.6) is 0 Å². The summed E-state index contributed by atoms with van der Waals surface area (Å²) in [6, 6.07) is 7.24. The number of nitrogens with zero attached hydrogens (tertiary/aromatic N) is 7. The molecule has 3 aromatic rings. The molecule has 1 aromatic carbocycles. The van der Waals surface area contributed by atoms with Crippen LogP contribution in [0.25, 0.3) is 0 Å². The molecule has 2 aromatic heterocycles. The number of amides is 2. The predicted molar refractivity (Wildman–Crippen MR) is 134 cm³/mol. The Bertz CT molecular complexity index is 1460. The molecule has 2 amide bonds. The second-order valence-corrected chi connectivity index (χ2v) is 10.6. The van der Waals surface area contributed by atoms with Crippen LogP contribution in [-0.4, -0.2) is 49.4 Å². The number of hydrogen-bond acceptors (Lipinski definition) is 7. The molecule has 3 atom stereocenters. The van der Waals surface area contributed by atoms with Crippen molar-refractivity contribution < 1.29 is 9.59 Å². The fraction of sp³-hybridized carbons (Fsp3) is 0.423. The third-order valence-electron chi connectivity index (χ3n) is 7.81. The van der Waals surface area contributed by atoms with E-state index in [1.165, 1.54) is 0 Å². The topological polar surface area (TPSA) is 130 Å². The molecule has 10 nitrogen and oxygen atoms in total. The lowest BCUT2D eigenvalue weighted by Gasteiger charge is -2.36. The molecule has 188 valence electrons. The highest BCUT2D eigenvalue weighted by Gasteiger charge is 2.53. The van der Waals surface area contributed by atoms with E-state index in [0.717, 1.165) is 36.1 Å². The maximum atomic E-state index is 12.8. The largest absolute Gasteiger partial charge is 0.348 e. The predicted octanol–water partition coefficient (Wildman–Crippen LogP) is 3.17. The van der Waals surface area contributed by atoms with Crippen molar-refractivity contribution >= 4 is 29.4 Å². The van der Waals surface area contributed by atoms with Gasteiger partial charge in [-0.25, -0.2) is 14.6 Å². The van der Waals surface area contributed by atoms with Crippen molar-refractivity contribution in [2.24, 2.45) is 11.8 Å². The average molecular weight is 517 g/mol. The lowest BCUT2D eigenvalue weighted by atomic mass is 9.74. The van der Waals surface area contributed by atoms with Crippen molar-refractivity contribution in [3.63, 3.8) is 0 Å². The molecule has 0 bridgehead atoms. The molecule has 1 N–H and O–H groups in total. The summed E-state index contributed by atoms with van der Waals surface area (Å²) in [5, 5.41) is 21.2. The van der Waals surface area contributed by atoms with Gasteiger partial charge in [0.1, 0.15) is 0 Å². The van der Waals surface area contributed by atoms with Crippen LogP contribution in [0.2, 0.25) is 5.02 Å². The van der Waals surface area contributed by atoms with E-state index in [4.69, 9.17) is 11.6 Å². The first kappa shape index (κ1) is 23.6. The molecule has 6 rings (SSSR count). The van der Waals surface area contributed by atoms with Gasteiger partial charge in [0.05, 0.1) is 23.9 Å². The van der Waals surface area contributed by atoms with Gasteiger partial charge in [0, 0.05) is 41.0 Å². The Hall–Kier alpha value is -3.84. The van der Waals surface area contributed by atoms with Crippen LogP contribution in [0.15, 0.2) is 30.6 Å². The van der Waals surface area contributed by atoms with Gasteiger partial charge in [-0.05, 0) is 68.7 Å². The Morgan fingerprint density at radius 3 is 2.81 bits per heavy atom. The van der Waals surface area contributed by atoms with E-state index < -0.39 is 0 Å². The van der Waals surface area contributed by atoms with Gasteiger partial charge in [-0.1, -0.05) is 16.8 Å². The number of fused-ring (bicyclic) bond motifs is 1. The zero-order valence-electron chi connectivity index (χ0n) is 20.4. The summed E-state index contributed by atoms with van der Waals surface area (Å²) in [6.45, 7) is 4.51. The van der Waals surface area contributed by atoms with Gasteiger partial charge in [-0.15, -0.1) is 5.10 Å². The lowest BCUT2D eigenvalue weighted by molar-refractivity contribution is -0.118. The molecule has 0 spiro atoms. The number of aromatic nitrogens is 5. The third kappa shape index (κ3) is 4.23. The van der Waals surface area contributed by atoms with Gasteiger partial charge in [0.15, 0.2) is 5.69 Å². The number of carbonyl (C=O) groups excluding carboxylic acids is 2. The third-order valence-corrected chi connectivity index (χ3v) is 8.04. The van der Waals surface area contributed by atoms with Crippen molar-refractivity contribution in [2.75, 3.05) is 11.4 Å². The molecule has 3 heterocycles. The van der Waals surface area contributed by atoms with Crippen LogP contribution in [0, 0.1) is 30.1 Å². The number of piperidine rings is 1. The highest BCUT2D eigenvalue weighted by atomic mass is 35.5. The van der Waals surface area contributed by atoms with Gasteiger partial charge < -0.3 is 5.32 Å². The van der Waals surface area contributed by atoms with Crippen LogP contribution >= 0.6 is 11.6 Å². The zero-order valence-corrected chi connectivity index (χ0v) is 21.2. The zero-order chi connectivity index (χ0) is 25.8. The fourth-order valence-electron chi connectivity index (χ4n) is 5.40. The Morgan fingerprint density at radius 2 is 2.11 bits per heavy atom. The number of aryl methyl sites for hydroxylation is 1. The van der Waals surface area contributed by atoms with Crippen molar-refractivity contribution in [2.45, 2.75) is 51.1 Å². The van der Waals surface area contributed by atoms with E-state index in [0.29, 0.717) is 29.0 Å². The number of carbonyl (C=O) groups is 2. The Kier molecular flexibility index (Phi) is 5.68. The summed E-state index contributed by atoms with van der Waals surface area (Å²) < 4.78 is 1.62. The standard InChI is InChI=1S/C26H25ClN8O2/c1-13-22(10-29-26(30-13)34-11-17-7-21(17)25(34)37)14(2)35-12-23(32-33-35)24(36)31-19-5-16(6-19)20-8-18(27)4-3-15(20)9-28/h3-4,8,10,12,14,16-17,19,21H,5-7,11H2,1-2H3,(H,31,36)/t14?,16-,17-,19+,21-/m1/s1. The van der Waals surface area contributed by atoms with Gasteiger partial charge in [0.25, 0.3) is 5.91 Å². The summed E-state index contributed by atoms with van der Waals surface area (Å²) >= 11 is 6.11. The first-order valence-corrected chi connectivity index (χ1v) is 12.8. The maximum absolute atomic E-state index is 12.8. The molecule has 1 unspecified atom stereocenters. The van der Waals surface area contributed by atoms with E-state index in [-0.39, 0.29) is 41.4 Å². The SMILES string of the molecule is Cc1nc(N2C[C@H]3C[C@H]3C2=O)ncc1C(C)n1cc(C(=O)N[C@H]2C[C@@H](c3cc(Cl)ccc3C#N)C2)nn1. The summed E-state index contributed by atoms with van der Waals surface area (Å²) in [5.74, 6) is 1.06. The Morgan fingerprint density at radius 1 is 1.30 bits per heavy atom. The van der Waals surface area contributed by atoms with E-state index in [1.54, 1.807) is 34.1 Å². The van der Waals surface area contributed by atoms with Crippen molar-refractivity contribution in [3.05, 3.63) is 63.7 Å². The van der Waals surface area contributed by atoms with Gasteiger partial charge in [-0.3, -0.25) is 14.5 Å². The van der Waals surface area contributed by atoms with E-state index in [9.17, 15) is 14.9 Å². The second kappa shape index (κ2) is 8.92. The number of rotatable bonds is 6. The minimum Gasteiger partial charge on any atom is -0.348 e. The molecule has 11 heteroatoms.